The smallest absolute Gasteiger partial charge is 0.405 e. The van der Waals surface area contributed by atoms with Crippen LogP contribution in [0, 0.1) is 26.0 Å². The monoisotopic (exact) mass is 1510 g/mol. The molecule has 0 bridgehead atoms. The van der Waals surface area contributed by atoms with Gasteiger partial charge < -0.3 is 37.2 Å². The Bertz CT molecular complexity index is 4130. The number of carbonyl (C=O) groups is 2. The molecule has 14 nitrogen and oxygen atoms in total. The highest BCUT2D eigenvalue weighted by Gasteiger charge is 2.54. The van der Waals surface area contributed by atoms with E-state index in [4.69, 9.17) is 28.1 Å². The Kier molecular flexibility index (Phi) is 24.0. The molecule has 4 aromatic heterocycles. The van der Waals surface area contributed by atoms with Crippen molar-refractivity contribution in [3.05, 3.63) is 112 Å². The quantitative estimate of drug-likeness (QED) is 0.119. The topological polar surface area (TPSA) is 135 Å². The zero-order valence-electron chi connectivity index (χ0n) is 52.8. The van der Waals surface area contributed by atoms with Crippen LogP contribution in [0.4, 0.5) is 8.78 Å². The standard InChI is InChI=1S/C31H37BFN3O4.C25H25FIN3O2.C6H12BO2.S5.S4/c1-29(2,3)28(37)36-24-17-23-25(16-20(24)18-34-36)35(22-10-8-21(33)9-11-22)27(19-12-14-38-15-13-19)26(23)32-39-30(4,5)31(6,7)40-32;1-25(2,3)24(31)30-20-13-19-21(12-16(20)14-28-30)29(18-6-4-17(26)5-7-18)23(22(19)27)15-8-10-32-11-9-15;1-5(2)6(3,4)9-7-8-5;1-3-5-4-2;1-3-4-2/h8-11,16-19H,12-15H2,1-7H3;4-7,12-15H,8-11H2,1-3H3;1-4H3;;. The first-order valence-corrected chi connectivity index (χ1v) is 39.6. The minimum Gasteiger partial charge on any atom is -0.405 e. The fraction of sp³-hybridized carbons (Fsp3) is 0.484. The number of halogens is 3. The van der Waals surface area contributed by atoms with Gasteiger partial charge in [-0.2, -0.15) is 19.6 Å². The summed E-state index contributed by atoms with van der Waals surface area (Å²) in [5, 5.41) is 12.7. The third-order valence-corrected chi connectivity index (χ3v) is 24.9. The van der Waals surface area contributed by atoms with Crippen LogP contribution in [-0.2, 0) is 117 Å². The summed E-state index contributed by atoms with van der Waals surface area (Å²) in [5.41, 5.74) is 5.98. The first kappa shape index (κ1) is 72.5. The van der Waals surface area contributed by atoms with E-state index in [0.717, 1.165) is 109 Å². The van der Waals surface area contributed by atoms with E-state index in [0.29, 0.717) is 19.1 Å². The van der Waals surface area contributed by atoms with Gasteiger partial charge in [-0.15, -0.1) is 0 Å². The van der Waals surface area contributed by atoms with E-state index in [1.807, 2.05) is 99.6 Å². The predicted octanol–water partition coefficient (Wildman–Crippen LogP) is 13.4. The number of fused-ring (bicyclic) bond motifs is 4. The second-order valence-corrected chi connectivity index (χ2v) is 36.2. The van der Waals surface area contributed by atoms with Gasteiger partial charge in [0.25, 0.3) is 11.8 Å². The minimum absolute atomic E-state index is 0.0375. The number of aromatic nitrogens is 6. The summed E-state index contributed by atoms with van der Waals surface area (Å²) >= 11 is 20.0. The molecule has 481 valence electrons. The molecule has 8 heterocycles. The van der Waals surface area contributed by atoms with Crippen molar-refractivity contribution < 1.29 is 46.5 Å². The first-order chi connectivity index (χ1) is 42.3. The maximum Gasteiger partial charge on any atom is 0.497 e. The fourth-order valence-electron chi connectivity index (χ4n) is 10.8. The summed E-state index contributed by atoms with van der Waals surface area (Å²) in [5.74, 6) is -0.133. The van der Waals surface area contributed by atoms with Crippen LogP contribution in [0.5, 0.6) is 0 Å². The highest BCUT2D eigenvalue weighted by Crippen LogP contribution is 2.43. The molecule has 4 aromatic carbocycles. The van der Waals surface area contributed by atoms with Crippen LogP contribution < -0.4 is 5.46 Å². The van der Waals surface area contributed by atoms with Gasteiger partial charge in [-0.1, -0.05) is 41.5 Å². The molecule has 0 aliphatic carbocycles. The fourth-order valence-corrected chi connectivity index (χ4v) is 14.7. The number of hydrogen-bond acceptors (Lipinski definition) is 14. The van der Waals surface area contributed by atoms with E-state index in [1.54, 1.807) is 12.4 Å². The Morgan fingerprint density at radius 3 is 1.30 bits per heavy atom. The summed E-state index contributed by atoms with van der Waals surface area (Å²) in [6, 6.07) is 21.5. The molecular formula is C62H74B2F2IN6O8S9. The molecule has 0 N–H and O–H groups in total. The average molecular weight is 1510 g/mol. The van der Waals surface area contributed by atoms with E-state index in [-0.39, 0.29) is 40.6 Å². The van der Waals surface area contributed by atoms with Crippen LogP contribution in [-0.4, -0.2) is 104 Å². The van der Waals surface area contributed by atoms with Crippen LogP contribution in [0.25, 0.3) is 55.0 Å². The molecule has 4 saturated heterocycles. The molecule has 28 heteroatoms. The number of hydrogen-bond donors (Lipinski definition) is 0. The Balaban J connectivity index is 0.000000185. The minimum atomic E-state index is -0.626. The molecule has 90 heavy (non-hydrogen) atoms. The van der Waals surface area contributed by atoms with E-state index < -0.39 is 29.2 Å². The van der Waals surface area contributed by atoms with E-state index in [2.05, 4.69) is 133 Å². The molecule has 4 aliphatic heterocycles. The van der Waals surface area contributed by atoms with Gasteiger partial charge in [0.15, 0.2) is 0 Å². The van der Waals surface area contributed by atoms with Crippen LogP contribution in [0.2, 0.25) is 0 Å². The van der Waals surface area contributed by atoms with Crippen molar-refractivity contribution in [3.8, 4) is 11.4 Å². The lowest BCUT2D eigenvalue weighted by Gasteiger charge is -2.32. The van der Waals surface area contributed by atoms with Gasteiger partial charge >= 0.3 is 14.8 Å². The van der Waals surface area contributed by atoms with Crippen LogP contribution in [0.3, 0.4) is 0 Å². The van der Waals surface area contributed by atoms with Crippen molar-refractivity contribution >= 4 is 187 Å². The molecule has 0 saturated carbocycles. The van der Waals surface area contributed by atoms with E-state index >= 15 is 0 Å². The molecule has 8 aromatic rings. The van der Waals surface area contributed by atoms with Gasteiger partial charge in [0.1, 0.15) is 11.6 Å². The Morgan fingerprint density at radius 1 is 0.567 bits per heavy atom. The van der Waals surface area contributed by atoms with Gasteiger partial charge in [0.2, 0.25) is 0 Å². The lowest BCUT2D eigenvalue weighted by atomic mass is 9.73. The van der Waals surface area contributed by atoms with Gasteiger partial charge in [-0.25, -0.2) is 8.78 Å². The van der Waals surface area contributed by atoms with Crippen molar-refractivity contribution in [3.63, 3.8) is 0 Å². The highest BCUT2D eigenvalue weighted by molar-refractivity contribution is 14.1. The zero-order chi connectivity index (χ0) is 65.9. The van der Waals surface area contributed by atoms with Crippen LogP contribution >= 0.6 is 22.6 Å². The summed E-state index contributed by atoms with van der Waals surface area (Å²) in [4.78, 5) is 26.3. The summed E-state index contributed by atoms with van der Waals surface area (Å²) in [6.07, 6.45) is 7.08. The average Bonchev–Trinajstić information content (AvgIpc) is 1.58. The molecule has 1 radical (unpaired) electrons. The number of nitrogens with zero attached hydrogens (tertiary/aromatic N) is 6. The van der Waals surface area contributed by atoms with Crippen LogP contribution in [0.15, 0.2) is 85.2 Å². The van der Waals surface area contributed by atoms with Crippen molar-refractivity contribution in [2.45, 2.75) is 157 Å². The van der Waals surface area contributed by atoms with Gasteiger partial charge in [0.05, 0.1) is 56.9 Å². The number of ether oxygens (including phenoxy) is 2. The second-order valence-electron chi connectivity index (χ2n) is 26.3. The van der Waals surface area contributed by atoms with Gasteiger partial charge in [-0.3, -0.25) is 9.59 Å². The molecule has 4 aliphatic rings. The Labute approximate surface area is 574 Å². The van der Waals surface area contributed by atoms with Gasteiger partial charge in [0, 0.05) is 192 Å². The number of benzene rings is 4. The van der Waals surface area contributed by atoms with Crippen LogP contribution in [0.1, 0.15) is 155 Å². The SMILES string of the molecule is CC(C)(C)C(=O)n1ncc2cc3c(cc21)c(B1OC(C)(C)C(C)(C)O1)c(C1CCOCC1)n3-c1ccc(F)cc1.CC(C)(C)C(=O)n1ncc2cc3c(cc21)c(I)c(C1CCOCC1)n3-c1ccc(F)cc1.CC1(C)O[B]OC1(C)C.S=S=S=S.S=S=S=S=S. The largest absolute Gasteiger partial charge is 0.497 e. The first-order valence-electron chi connectivity index (χ1n) is 29.2. The Morgan fingerprint density at radius 2 is 0.944 bits per heavy atom. The van der Waals surface area contributed by atoms with Crippen molar-refractivity contribution in [1.82, 2.24) is 28.7 Å². The van der Waals surface area contributed by atoms with Crippen molar-refractivity contribution in [1.29, 1.82) is 0 Å². The Hall–Kier alpha value is -3.30. The number of carbonyl (C=O) groups excluding carboxylic acids is 2. The van der Waals surface area contributed by atoms with Crippen molar-refractivity contribution in [2.24, 2.45) is 10.8 Å². The molecule has 0 unspecified atom stereocenters. The molecule has 0 atom stereocenters. The zero-order valence-corrected chi connectivity index (χ0v) is 62.3. The maximum absolute atomic E-state index is 14.1. The third kappa shape index (κ3) is 15.8. The second kappa shape index (κ2) is 29.8. The molecule has 0 amide bonds. The maximum atomic E-state index is 14.1. The third-order valence-electron chi connectivity index (χ3n) is 17.1. The van der Waals surface area contributed by atoms with E-state index in [9.17, 15) is 18.4 Å². The van der Waals surface area contributed by atoms with E-state index in [1.165, 1.54) is 91.4 Å². The van der Waals surface area contributed by atoms with Gasteiger partial charge in [-0.05, 0) is 176 Å². The normalized spacial score (nSPS) is 17.8. The molecule has 4 fully saturated rings. The lowest BCUT2D eigenvalue weighted by molar-refractivity contribution is 0.00578. The summed E-state index contributed by atoms with van der Waals surface area (Å²) in [7, 11) is 7.08. The molecule has 12 rings (SSSR count). The van der Waals surface area contributed by atoms with Crippen molar-refractivity contribution in [2.75, 3.05) is 26.4 Å². The molecule has 0 spiro atoms. The molecular weight excluding hydrogens is 1430 g/mol. The number of rotatable bonds is 5. The summed E-state index contributed by atoms with van der Waals surface area (Å²) in [6.45, 7) is 30.4. The lowest BCUT2D eigenvalue weighted by Crippen LogP contribution is -2.41. The summed E-state index contributed by atoms with van der Waals surface area (Å²) < 4.78 is 71.5. The predicted molar refractivity (Wildman–Crippen MR) is 390 cm³/mol. The highest BCUT2D eigenvalue weighted by atomic mass is 127.